The van der Waals surface area contributed by atoms with Gasteiger partial charge >= 0.3 is 6.03 Å². The van der Waals surface area contributed by atoms with Gasteiger partial charge in [0, 0.05) is 33.0 Å². The van der Waals surface area contributed by atoms with Crippen LogP contribution in [0.2, 0.25) is 0 Å². The highest BCUT2D eigenvalue weighted by Gasteiger charge is 2.42. The summed E-state index contributed by atoms with van der Waals surface area (Å²) in [7, 11) is -1.73. The molecule has 0 spiro atoms. The maximum Gasteiger partial charge on any atom is 0.320 e. The van der Waals surface area contributed by atoms with Crippen molar-refractivity contribution in [3.05, 3.63) is 48.0 Å². The van der Waals surface area contributed by atoms with E-state index in [9.17, 15) is 23.1 Å². The van der Waals surface area contributed by atoms with Gasteiger partial charge in [0.25, 0.3) is 0 Å². The number of nitrogens with zero attached hydrogens (tertiary/aromatic N) is 2. The third kappa shape index (κ3) is 7.85. The minimum Gasteiger partial charge on any atom is -0.389 e. The Bertz CT molecular complexity index is 960. The van der Waals surface area contributed by atoms with Gasteiger partial charge in [-0.25, -0.2) is 13.2 Å². The van der Waals surface area contributed by atoms with Gasteiger partial charge < -0.3 is 14.9 Å². The van der Waals surface area contributed by atoms with Gasteiger partial charge in [-0.3, -0.25) is 9.52 Å². The van der Waals surface area contributed by atoms with Gasteiger partial charge in [0.2, 0.25) is 15.9 Å². The summed E-state index contributed by atoms with van der Waals surface area (Å²) < 4.78 is 24.4. The largest absolute Gasteiger partial charge is 0.389 e. The summed E-state index contributed by atoms with van der Waals surface area (Å²) in [4.78, 5) is 28.0. The zero-order chi connectivity index (χ0) is 24.1. The van der Waals surface area contributed by atoms with Crippen molar-refractivity contribution in [2.24, 2.45) is 5.41 Å². The van der Waals surface area contributed by atoms with Crippen LogP contribution in [0.4, 0.5) is 4.79 Å². The van der Waals surface area contributed by atoms with Crippen LogP contribution in [0, 0.1) is 5.41 Å². The molecule has 0 aromatic heterocycles. The number of nitrogens with one attached hydrogen (secondary N) is 1. The molecular weight excluding hydrogens is 442 g/mol. The second-order valence-corrected chi connectivity index (χ2v) is 11.2. The van der Waals surface area contributed by atoms with Gasteiger partial charge in [0.1, 0.15) is 0 Å². The van der Waals surface area contributed by atoms with Crippen LogP contribution in [0.3, 0.4) is 0 Å². The summed E-state index contributed by atoms with van der Waals surface area (Å²) in [5, 5.41) is 10.4. The molecule has 1 aromatic rings. The predicted octanol–water partition coefficient (Wildman–Crippen LogP) is 2.30. The Balaban J connectivity index is 1.47. The molecule has 1 saturated carbocycles. The quantitative estimate of drug-likeness (QED) is 0.449. The van der Waals surface area contributed by atoms with E-state index in [1.54, 1.807) is 18.0 Å². The van der Waals surface area contributed by atoms with Crippen LogP contribution in [0.15, 0.2) is 42.5 Å². The molecule has 3 rings (SSSR count). The van der Waals surface area contributed by atoms with Crippen LogP contribution in [0.25, 0.3) is 0 Å². The molecule has 182 valence electrons. The molecule has 1 aromatic carbocycles. The van der Waals surface area contributed by atoms with Crippen LogP contribution >= 0.6 is 0 Å². The molecule has 1 heterocycles. The Morgan fingerprint density at radius 3 is 2.61 bits per heavy atom. The number of sulfonamides is 1. The molecule has 1 saturated heterocycles. The maximum atomic E-state index is 12.6. The number of rotatable bonds is 12. The highest BCUT2D eigenvalue weighted by molar-refractivity contribution is 7.89. The van der Waals surface area contributed by atoms with E-state index in [-0.39, 0.29) is 23.9 Å². The number of aliphatic hydroxyl groups is 1. The summed E-state index contributed by atoms with van der Waals surface area (Å²) in [6.45, 7) is 1.20. The van der Waals surface area contributed by atoms with E-state index in [0.29, 0.717) is 25.9 Å². The normalized spacial score (nSPS) is 20.9. The van der Waals surface area contributed by atoms with Crippen molar-refractivity contribution in [2.45, 2.75) is 57.1 Å². The number of aliphatic hydroxyl groups excluding tert-OH is 1. The first-order valence-corrected chi connectivity index (χ1v) is 13.4. The summed E-state index contributed by atoms with van der Waals surface area (Å²) >= 11 is 0. The monoisotopic (exact) mass is 477 g/mol. The number of carbonyl (C=O) groups is 2. The van der Waals surface area contributed by atoms with E-state index < -0.39 is 22.0 Å². The summed E-state index contributed by atoms with van der Waals surface area (Å²) in [5.41, 5.74) is 1.15. The van der Waals surface area contributed by atoms with Crippen molar-refractivity contribution in [2.75, 3.05) is 26.4 Å². The predicted molar refractivity (Wildman–Crippen MR) is 127 cm³/mol. The van der Waals surface area contributed by atoms with E-state index >= 15 is 0 Å². The van der Waals surface area contributed by atoms with Crippen molar-refractivity contribution < 1.29 is 23.1 Å². The lowest BCUT2D eigenvalue weighted by Crippen LogP contribution is -2.34. The third-order valence-corrected chi connectivity index (χ3v) is 7.12. The minimum atomic E-state index is -3.52. The molecule has 1 unspecified atom stereocenters. The Morgan fingerprint density at radius 1 is 1.27 bits per heavy atom. The number of carbonyl (C=O) groups excluding carboxylic acids is 2. The lowest BCUT2D eigenvalue weighted by Gasteiger charge is -2.23. The van der Waals surface area contributed by atoms with Crippen LogP contribution in [0.5, 0.6) is 0 Å². The van der Waals surface area contributed by atoms with Crippen LogP contribution in [-0.4, -0.2) is 73.8 Å². The van der Waals surface area contributed by atoms with Crippen molar-refractivity contribution >= 4 is 22.0 Å². The van der Waals surface area contributed by atoms with Gasteiger partial charge in [-0.1, -0.05) is 42.5 Å². The lowest BCUT2D eigenvalue weighted by atomic mass is 9.94. The Kier molecular flexibility index (Phi) is 8.18. The topological polar surface area (TPSA) is 107 Å². The average molecular weight is 478 g/mol. The summed E-state index contributed by atoms with van der Waals surface area (Å²) in [6.07, 6.45) is 9.26. The van der Waals surface area contributed by atoms with Crippen molar-refractivity contribution in [1.29, 1.82) is 0 Å². The molecule has 0 radical (unpaired) electrons. The smallest absolute Gasteiger partial charge is 0.320 e. The van der Waals surface area contributed by atoms with Crippen molar-refractivity contribution in [3.63, 3.8) is 0 Å². The van der Waals surface area contributed by atoms with Gasteiger partial charge in [-0.15, -0.1) is 0 Å². The second kappa shape index (κ2) is 10.7. The van der Waals surface area contributed by atoms with Crippen LogP contribution in [-0.2, 0) is 21.2 Å². The molecule has 33 heavy (non-hydrogen) atoms. The van der Waals surface area contributed by atoms with E-state index in [4.69, 9.17) is 0 Å². The summed E-state index contributed by atoms with van der Waals surface area (Å²) in [5.74, 6) is -0.459. The van der Waals surface area contributed by atoms with Crippen LogP contribution < -0.4 is 4.72 Å². The zero-order valence-electron chi connectivity index (χ0n) is 19.4. The second-order valence-electron chi connectivity index (χ2n) is 9.47. The first-order valence-electron chi connectivity index (χ1n) is 11.5. The zero-order valence-corrected chi connectivity index (χ0v) is 20.3. The Hall–Kier alpha value is -2.39. The fourth-order valence-electron chi connectivity index (χ4n) is 4.49. The number of likely N-dealkylation sites (N-methyl/N-ethyl adjacent to an activating group) is 1. The fourth-order valence-corrected chi connectivity index (χ4v) is 5.00. The molecule has 2 aliphatic rings. The number of urea groups is 1. The van der Waals surface area contributed by atoms with E-state index in [0.717, 1.165) is 37.5 Å². The number of amides is 3. The molecule has 1 aliphatic carbocycles. The van der Waals surface area contributed by atoms with Gasteiger partial charge in [-0.05, 0) is 43.1 Å². The molecule has 2 fully saturated rings. The highest BCUT2D eigenvalue weighted by atomic mass is 32.2. The third-order valence-electron chi connectivity index (χ3n) is 6.52. The highest BCUT2D eigenvalue weighted by Crippen LogP contribution is 2.53. The molecular formula is C24H35N3O5S. The number of hydrogen-bond donors (Lipinski definition) is 2. The SMILES string of the molecule is CN1C[C@H](/C=C/C(O)Cc2ccccc2)N(CCCC2(CCC(=O)NS(C)(=O)=O)CC2)C1=O. The molecule has 3 amide bonds. The first kappa shape index (κ1) is 25.2. The molecule has 2 N–H and O–H groups in total. The Labute approximate surface area is 196 Å². The van der Waals surface area contributed by atoms with Gasteiger partial charge in [-0.2, -0.15) is 0 Å². The van der Waals surface area contributed by atoms with Gasteiger partial charge in [0.15, 0.2) is 0 Å². The molecule has 1 aliphatic heterocycles. The van der Waals surface area contributed by atoms with Gasteiger partial charge in [0.05, 0.1) is 18.4 Å². The Morgan fingerprint density at radius 2 is 1.97 bits per heavy atom. The standard InChI is InChI=1S/C24H35N3O5S/c1-26-18-20(9-10-21(28)17-19-7-4-3-5-8-19)27(23(26)30)16-6-12-24(14-15-24)13-11-22(29)25-33(2,31)32/h3-5,7-10,20-21,28H,6,11-18H2,1-2H3,(H,25,29)/b10-9+/t20-,21?/m0/s1. The number of benzene rings is 1. The maximum absolute atomic E-state index is 12.6. The van der Waals surface area contributed by atoms with E-state index in [1.165, 1.54) is 0 Å². The van der Waals surface area contributed by atoms with E-state index in [2.05, 4.69) is 0 Å². The summed E-state index contributed by atoms with van der Waals surface area (Å²) in [6, 6.07) is 9.71. The fraction of sp³-hybridized carbons (Fsp3) is 0.583. The van der Waals surface area contributed by atoms with Crippen molar-refractivity contribution in [3.8, 4) is 0 Å². The molecule has 0 bridgehead atoms. The molecule has 2 atom stereocenters. The average Bonchev–Trinajstić information content (AvgIpc) is 3.46. The lowest BCUT2D eigenvalue weighted by molar-refractivity contribution is -0.119. The minimum absolute atomic E-state index is 0.0143. The molecule has 8 nitrogen and oxygen atoms in total. The van der Waals surface area contributed by atoms with E-state index in [1.807, 2.05) is 46.0 Å². The molecule has 9 heteroatoms. The number of hydrogen-bond acceptors (Lipinski definition) is 5. The van der Waals surface area contributed by atoms with Crippen molar-refractivity contribution in [1.82, 2.24) is 14.5 Å². The first-order chi connectivity index (χ1) is 15.6. The van der Waals surface area contributed by atoms with Crippen LogP contribution in [0.1, 0.15) is 44.1 Å².